The van der Waals surface area contributed by atoms with Crippen LogP contribution in [0.4, 0.5) is 0 Å². The smallest absolute Gasteiger partial charge is 0.343 e. The van der Waals surface area contributed by atoms with Crippen LogP contribution < -0.4 is 18.9 Å². The molecular weight excluding hydrogens is 626 g/mol. The number of amides is 1. The Morgan fingerprint density at radius 3 is 2.21 bits per heavy atom. The number of nitrogens with zero attached hydrogens (tertiary/aromatic N) is 3. The predicted molar refractivity (Wildman–Crippen MR) is 145 cm³/mol. The third-order valence-corrected chi connectivity index (χ3v) is 6.57. The number of benzene rings is 2. The Hall–Kier alpha value is -3.64. The highest BCUT2D eigenvalue weighted by atomic mass is 79.9. The third kappa shape index (κ3) is 5.46. The maximum Gasteiger partial charge on any atom is 0.343 e. The van der Waals surface area contributed by atoms with Crippen LogP contribution in [0.15, 0.2) is 56.6 Å². The molecule has 0 unspecified atom stereocenters. The van der Waals surface area contributed by atoms with E-state index < -0.39 is 12.2 Å². The van der Waals surface area contributed by atoms with Crippen LogP contribution >= 0.6 is 31.9 Å². The Kier molecular flexibility index (Phi) is 8.22. The van der Waals surface area contributed by atoms with Crippen molar-refractivity contribution >= 4 is 49.6 Å². The highest BCUT2D eigenvalue weighted by Gasteiger charge is 2.37. The number of ether oxygens (including phenoxy) is 5. The monoisotopic (exact) mass is 647 g/mol. The zero-order valence-corrected chi connectivity index (χ0v) is 24.2. The average molecular weight is 649 g/mol. The van der Waals surface area contributed by atoms with Crippen LogP contribution in [0.5, 0.6) is 23.0 Å². The van der Waals surface area contributed by atoms with Gasteiger partial charge in [-0.05, 0) is 59.3 Å². The highest BCUT2D eigenvalue weighted by molar-refractivity contribution is 9.11. The molecule has 0 bridgehead atoms. The van der Waals surface area contributed by atoms with E-state index in [9.17, 15) is 9.59 Å². The quantitative estimate of drug-likeness (QED) is 0.248. The van der Waals surface area contributed by atoms with Gasteiger partial charge in [0.25, 0.3) is 0 Å². The summed E-state index contributed by atoms with van der Waals surface area (Å²) in [5.74, 6) is 0.190. The lowest BCUT2D eigenvalue weighted by atomic mass is 10.1. The number of carbonyl (C=O) groups is 2. The standard InChI is InChI=1S/C26H23Br2N3O7/c1-13-6-7-15(12-29-13)24-30-31(14(2)32)25(38-24)18-10-17(27)11-19(28)22(18)37-26(33)16-8-20(34-3)23(36-5)21(9-16)35-4/h6-12,25H,1-5H3/t25-/m1/s1. The van der Waals surface area contributed by atoms with Crippen LogP contribution in [-0.4, -0.2) is 49.1 Å². The Balaban J connectivity index is 1.73. The number of methoxy groups -OCH3 is 3. The van der Waals surface area contributed by atoms with Gasteiger partial charge in [0.1, 0.15) is 0 Å². The van der Waals surface area contributed by atoms with Crippen LogP contribution in [0, 0.1) is 6.92 Å². The number of rotatable bonds is 7. The highest BCUT2D eigenvalue weighted by Crippen LogP contribution is 2.43. The second kappa shape index (κ2) is 11.4. The molecule has 2 aromatic carbocycles. The van der Waals surface area contributed by atoms with Crippen molar-refractivity contribution in [3.8, 4) is 23.0 Å². The molecule has 3 aromatic rings. The van der Waals surface area contributed by atoms with E-state index in [2.05, 4.69) is 41.9 Å². The molecule has 2 heterocycles. The molecule has 0 fully saturated rings. The van der Waals surface area contributed by atoms with E-state index in [1.165, 1.54) is 45.4 Å². The zero-order chi connectivity index (χ0) is 27.6. The summed E-state index contributed by atoms with van der Waals surface area (Å²) in [5.41, 5.74) is 1.94. The van der Waals surface area contributed by atoms with Gasteiger partial charge in [0.15, 0.2) is 17.2 Å². The molecule has 10 nitrogen and oxygen atoms in total. The fourth-order valence-electron chi connectivity index (χ4n) is 3.70. The second-order valence-electron chi connectivity index (χ2n) is 8.04. The van der Waals surface area contributed by atoms with E-state index in [4.69, 9.17) is 23.7 Å². The topological polar surface area (TPSA) is 109 Å². The first-order valence-corrected chi connectivity index (χ1v) is 12.7. The van der Waals surface area contributed by atoms with E-state index in [1.807, 2.05) is 13.0 Å². The van der Waals surface area contributed by atoms with E-state index >= 15 is 0 Å². The van der Waals surface area contributed by atoms with Crippen LogP contribution in [0.25, 0.3) is 0 Å². The molecule has 1 amide bonds. The molecule has 0 aliphatic carbocycles. The first-order chi connectivity index (χ1) is 18.2. The van der Waals surface area contributed by atoms with Crippen molar-refractivity contribution in [1.82, 2.24) is 9.99 Å². The second-order valence-corrected chi connectivity index (χ2v) is 9.81. The number of aromatic nitrogens is 1. The summed E-state index contributed by atoms with van der Waals surface area (Å²) in [5, 5.41) is 5.55. The Morgan fingerprint density at radius 2 is 1.66 bits per heavy atom. The van der Waals surface area contributed by atoms with Crippen molar-refractivity contribution in [2.24, 2.45) is 5.10 Å². The van der Waals surface area contributed by atoms with Crippen LogP contribution in [0.2, 0.25) is 0 Å². The molecule has 1 aliphatic rings. The van der Waals surface area contributed by atoms with Crippen molar-refractivity contribution in [2.45, 2.75) is 20.1 Å². The summed E-state index contributed by atoms with van der Waals surface area (Å²) < 4.78 is 29.1. The molecule has 1 aromatic heterocycles. The van der Waals surface area contributed by atoms with Gasteiger partial charge in [-0.3, -0.25) is 9.78 Å². The van der Waals surface area contributed by atoms with Gasteiger partial charge >= 0.3 is 5.97 Å². The maximum atomic E-state index is 13.3. The number of esters is 1. The molecule has 4 rings (SSSR count). The molecule has 0 radical (unpaired) electrons. The van der Waals surface area contributed by atoms with Crippen LogP contribution in [0.3, 0.4) is 0 Å². The normalized spacial score (nSPS) is 14.4. The van der Waals surface area contributed by atoms with E-state index in [0.717, 1.165) is 5.69 Å². The molecule has 12 heteroatoms. The molecule has 0 spiro atoms. The zero-order valence-electron chi connectivity index (χ0n) is 21.1. The lowest BCUT2D eigenvalue weighted by Crippen LogP contribution is -2.26. The van der Waals surface area contributed by atoms with Crippen molar-refractivity contribution in [3.05, 3.63) is 73.9 Å². The van der Waals surface area contributed by atoms with Gasteiger partial charge in [0.2, 0.25) is 23.8 Å². The molecular formula is C26H23Br2N3O7. The van der Waals surface area contributed by atoms with Gasteiger partial charge in [-0.25, -0.2) is 4.79 Å². The molecule has 198 valence electrons. The Morgan fingerprint density at radius 1 is 0.974 bits per heavy atom. The van der Waals surface area contributed by atoms with Crippen molar-refractivity contribution in [2.75, 3.05) is 21.3 Å². The number of pyridine rings is 1. The summed E-state index contributed by atoms with van der Waals surface area (Å²) in [6.07, 6.45) is 0.595. The molecule has 1 aliphatic heterocycles. The van der Waals surface area contributed by atoms with Gasteiger partial charge in [-0.1, -0.05) is 15.9 Å². The average Bonchev–Trinajstić information content (AvgIpc) is 3.35. The van der Waals surface area contributed by atoms with Crippen molar-refractivity contribution in [3.63, 3.8) is 0 Å². The molecule has 1 atom stereocenters. The van der Waals surface area contributed by atoms with Crippen LogP contribution in [0.1, 0.15) is 40.3 Å². The molecule has 0 saturated heterocycles. The summed E-state index contributed by atoms with van der Waals surface area (Å²) in [6.45, 7) is 3.23. The van der Waals surface area contributed by atoms with Gasteiger partial charge in [-0.2, -0.15) is 5.01 Å². The fourth-order valence-corrected chi connectivity index (χ4v) is 5.04. The fraction of sp³-hybridized carbons (Fsp3) is 0.231. The van der Waals surface area contributed by atoms with Crippen molar-refractivity contribution in [1.29, 1.82) is 0 Å². The Labute approximate surface area is 235 Å². The minimum absolute atomic E-state index is 0.140. The van der Waals surface area contributed by atoms with Gasteiger partial charge < -0.3 is 23.7 Å². The largest absolute Gasteiger partial charge is 0.493 e. The third-order valence-electron chi connectivity index (χ3n) is 5.52. The molecule has 0 saturated carbocycles. The summed E-state index contributed by atoms with van der Waals surface area (Å²) >= 11 is 6.93. The number of carbonyl (C=O) groups excluding carboxylic acids is 2. The van der Waals surface area contributed by atoms with Crippen LogP contribution in [-0.2, 0) is 9.53 Å². The van der Waals surface area contributed by atoms with Gasteiger partial charge in [0, 0.05) is 23.3 Å². The summed E-state index contributed by atoms with van der Waals surface area (Å²) in [7, 11) is 4.37. The number of halogens is 2. The first kappa shape index (κ1) is 27.4. The molecule has 38 heavy (non-hydrogen) atoms. The SMILES string of the molecule is COc1cc(C(=O)Oc2c(Br)cc(Br)cc2[C@H]2OC(c3ccc(C)nc3)=NN2C(C)=O)cc(OC)c1OC. The summed E-state index contributed by atoms with van der Waals surface area (Å²) in [4.78, 5) is 30.1. The minimum Gasteiger partial charge on any atom is -0.493 e. The van der Waals surface area contributed by atoms with Gasteiger partial charge in [0.05, 0.1) is 42.5 Å². The van der Waals surface area contributed by atoms with Gasteiger partial charge in [-0.15, -0.1) is 5.10 Å². The number of hydrazone groups is 1. The number of hydrogen-bond acceptors (Lipinski definition) is 9. The maximum absolute atomic E-state index is 13.3. The van der Waals surface area contributed by atoms with E-state index in [0.29, 0.717) is 37.3 Å². The first-order valence-electron chi connectivity index (χ1n) is 11.2. The molecule has 0 N–H and O–H groups in total. The Bertz CT molecular complexity index is 1400. The number of aryl methyl sites for hydroxylation is 1. The van der Waals surface area contributed by atoms with Crippen molar-refractivity contribution < 1.29 is 33.3 Å². The lowest BCUT2D eigenvalue weighted by Gasteiger charge is -2.22. The summed E-state index contributed by atoms with van der Waals surface area (Å²) in [6, 6.07) is 9.97. The minimum atomic E-state index is -1.01. The number of hydrogen-bond donors (Lipinski definition) is 0. The lowest BCUT2D eigenvalue weighted by molar-refractivity contribution is -0.135. The predicted octanol–water partition coefficient (Wildman–Crippen LogP) is 5.40. The van der Waals surface area contributed by atoms with E-state index in [1.54, 1.807) is 24.4 Å². The van der Waals surface area contributed by atoms with E-state index in [-0.39, 0.29) is 23.1 Å².